The van der Waals surface area contributed by atoms with Crippen LogP contribution in [-0.4, -0.2) is 40.3 Å². The van der Waals surface area contributed by atoms with Crippen molar-refractivity contribution in [2.75, 3.05) is 0 Å². The molecule has 0 spiro atoms. The lowest BCUT2D eigenvalue weighted by molar-refractivity contribution is -0.143. The van der Waals surface area contributed by atoms with Crippen LogP contribution in [0.25, 0.3) is 0 Å². The van der Waals surface area contributed by atoms with Crippen molar-refractivity contribution in [1.82, 2.24) is 4.31 Å². The third-order valence-corrected chi connectivity index (χ3v) is 2.65. The van der Waals surface area contributed by atoms with Gasteiger partial charge >= 0.3 is 16.3 Å². The van der Waals surface area contributed by atoms with Crippen molar-refractivity contribution in [3.8, 4) is 0 Å². The first-order valence-electron chi connectivity index (χ1n) is 3.36. The predicted molar refractivity (Wildman–Crippen MR) is 39.1 cm³/mol. The minimum Gasteiger partial charge on any atom is -0.480 e. The predicted octanol–water partition coefficient (Wildman–Crippen LogP) is -1.14. The van der Waals surface area contributed by atoms with Crippen LogP contribution in [0.2, 0.25) is 0 Å². The summed E-state index contributed by atoms with van der Waals surface area (Å²) < 4.78 is 29.6. The van der Waals surface area contributed by atoms with E-state index in [4.69, 9.17) is 9.66 Å². The van der Waals surface area contributed by atoms with Crippen LogP contribution in [0.1, 0.15) is 12.8 Å². The first-order valence-corrected chi connectivity index (χ1v) is 4.76. The summed E-state index contributed by atoms with van der Waals surface area (Å²) in [6, 6.07) is -1.47. The molecule has 1 rings (SSSR count). The lowest BCUT2D eigenvalue weighted by atomic mass is 10.2. The molecule has 0 bridgehead atoms. The van der Waals surface area contributed by atoms with Crippen LogP contribution in [0.3, 0.4) is 0 Å². The summed E-state index contributed by atoms with van der Waals surface area (Å²) in [7, 11) is -4.74. The van der Waals surface area contributed by atoms with Gasteiger partial charge in [-0.05, 0) is 6.42 Å². The fourth-order valence-electron chi connectivity index (χ4n) is 1.17. The van der Waals surface area contributed by atoms with Crippen molar-refractivity contribution in [3.63, 3.8) is 0 Å². The Morgan fingerprint density at radius 3 is 2.38 bits per heavy atom. The highest BCUT2D eigenvalue weighted by atomic mass is 32.2. The van der Waals surface area contributed by atoms with Crippen molar-refractivity contribution < 1.29 is 27.7 Å². The molecule has 74 valence electrons. The zero-order valence-electron chi connectivity index (χ0n) is 6.37. The third kappa shape index (κ3) is 1.78. The summed E-state index contributed by atoms with van der Waals surface area (Å²) in [4.78, 5) is 21.3. The fraction of sp³-hybridized carbons (Fsp3) is 0.600. The molecule has 0 saturated carbocycles. The van der Waals surface area contributed by atoms with Crippen molar-refractivity contribution in [3.05, 3.63) is 0 Å². The van der Waals surface area contributed by atoms with E-state index in [2.05, 4.69) is 0 Å². The molecular weight excluding hydrogens is 202 g/mol. The number of carbonyl (C=O) groups excluding carboxylic acids is 1. The minimum atomic E-state index is -4.74. The molecule has 0 aromatic rings. The molecule has 1 heterocycles. The molecule has 0 aromatic heterocycles. The van der Waals surface area contributed by atoms with Crippen molar-refractivity contribution in [1.29, 1.82) is 0 Å². The summed E-state index contributed by atoms with van der Waals surface area (Å²) in [6.07, 6.45) is -0.287. The van der Waals surface area contributed by atoms with E-state index in [9.17, 15) is 18.0 Å². The van der Waals surface area contributed by atoms with Crippen LogP contribution in [0, 0.1) is 0 Å². The Morgan fingerprint density at radius 1 is 1.54 bits per heavy atom. The first-order chi connectivity index (χ1) is 5.84. The number of nitrogens with zero attached hydrogens (tertiary/aromatic N) is 1. The number of hydrogen-bond acceptors (Lipinski definition) is 4. The van der Waals surface area contributed by atoms with Crippen LogP contribution in [0.4, 0.5) is 0 Å². The molecule has 1 fully saturated rings. The van der Waals surface area contributed by atoms with Gasteiger partial charge in [0, 0.05) is 6.42 Å². The number of carbonyl (C=O) groups is 2. The summed E-state index contributed by atoms with van der Waals surface area (Å²) in [5.74, 6) is -2.33. The van der Waals surface area contributed by atoms with Gasteiger partial charge in [-0.25, -0.2) is 9.10 Å². The maximum atomic E-state index is 10.9. The average molecular weight is 209 g/mol. The second kappa shape index (κ2) is 2.96. The number of aliphatic carboxylic acids is 1. The zero-order valence-corrected chi connectivity index (χ0v) is 7.19. The minimum absolute atomic E-state index is 0.00463. The van der Waals surface area contributed by atoms with Crippen LogP contribution < -0.4 is 0 Å². The molecule has 1 atom stereocenters. The van der Waals surface area contributed by atoms with Crippen molar-refractivity contribution in [2.24, 2.45) is 0 Å². The van der Waals surface area contributed by atoms with E-state index in [1.165, 1.54) is 0 Å². The first kappa shape index (κ1) is 9.93. The average Bonchev–Trinajstić information content (AvgIpc) is 2.28. The van der Waals surface area contributed by atoms with Gasteiger partial charge in [0.1, 0.15) is 6.04 Å². The molecule has 1 amide bonds. The Kier molecular flexibility index (Phi) is 2.26. The van der Waals surface area contributed by atoms with Crippen LogP contribution >= 0.6 is 0 Å². The standard InChI is InChI=1S/C5H7NO6S/c7-4-2-1-3(5(8)9)6(4)13(10,11)12/h3H,1-2H2,(H,8,9)(H,10,11,12). The van der Waals surface area contributed by atoms with Gasteiger partial charge in [0.2, 0.25) is 5.91 Å². The van der Waals surface area contributed by atoms with Gasteiger partial charge in [-0.3, -0.25) is 9.35 Å². The summed E-state index contributed by atoms with van der Waals surface area (Å²) in [6.45, 7) is 0. The van der Waals surface area contributed by atoms with Gasteiger partial charge in [-0.15, -0.1) is 0 Å². The van der Waals surface area contributed by atoms with Crippen molar-refractivity contribution >= 4 is 22.2 Å². The third-order valence-electron chi connectivity index (χ3n) is 1.69. The molecule has 1 aliphatic rings. The van der Waals surface area contributed by atoms with Crippen LogP contribution in [-0.2, 0) is 19.9 Å². The summed E-state index contributed by atoms with van der Waals surface area (Å²) in [5.41, 5.74) is 0. The number of carboxylic acids is 1. The van der Waals surface area contributed by atoms with Crippen LogP contribution in [0.5, 0.6) is 0 Å². The Bertz CT molecular complexity index is 346. The van der Waals surface area contributed by atoms with Gasteiger partial charge in [0.25, 0.3) is 0 Å². The SMILES string of the molecule is O=C(O)C1CCC(=O)N1S(=O)(=O)O. The Morgan fingerprint density at radius 2 is 2.08 bits per heavy atom. The van der Waals surface area contributed by atoms with Crippen LogP contribution in [0.15, 0.2) is 0 Å². The zero-order chi connectivity index (χ0) is 10.2. The molecular formula is C5H7NO6S. The number of amides is 1. The van der Waals surface area contributed by atoms with Gasteiger partial charge in [0.15, 0.2) is 0 Å². The highest BCUT2D eigenvalue weighted by Gasteiger charge is 2.42. The van der Waals surface area contributed by atoms with E-state index in [0.29, 0.717) is 0 Å². The highest BCUT2D eigenvalue weighted by molar-refractivity contribution is 7.84. The monoisotopic (exact) mass is 209 g/mol. The molecule has 2 N–H and O–H groups in total. The molecule has 1 aliphatic heterocycles. The Hall–Kier alpha value is -1.15. The molecule has 1 unspecified atom stereocenters. The van der Waals surface area contributed by atoms with E-state index in [1.807, 2.05) is 0 Å². The smallest absolute Gasteiger partial charge is 0.362 e. The van der Waals surface area contributed by atoms with Gasteiger partial charge in [-0.2, -0.15) is 8.42 Å². The normalized spacial score (nSPS) is 23.6. The van der Waals surface area contributed by atoms with E-state index >= 15 is 0 Å². The quantitative estimate of drug-likeness (QED) is 0.556. The fourth-order valence-corrected chi connectivity index (χ4v) is 2.04. The van der Waals surface area contributed by atoms with Gasteiger partial charge in [0.05, 0.1) is 0 Å². The Balaban J connectivity index is 3.04. The summed E-state index contributed by atoms with van der Waals surface area (Å²) >= 11 is 0. The second-order valence-electron chi connectivity index (χ2n) is 2.56. The number of hydrogen-bond donors (Lipinski definition) is 2. The maximum absolute atomic E-state index is 10.9. The number of carboxylic acid groups (broad SMARTS) is 1. The van der Waals surface area contributed by atoms with Gasteiger partial charge < -0.3 is 5.11 Å². The molecule has 1 saturated heterocycles. The molecule has 8 heteroatoms. The van der Waals surface area contributed by atoms with E-state index in [0.717, 1.165) is 0 Å². The van der Waals surface area contributed by atoms with Gasteiger partial charge in [-0.1, -0.05) is 0 Å². The molecule has 0 aliphatic carbocycles. The lowest BCUT2D eigenvalue weighted by Gasteiger charge is -2.16. The largest absolute Gasteiger partial charge is 0.480 e. The maximum Gasteiger partial charge on any atom is 0.362 e. The van der Waals surface area contributed by atoms with E-state index in [1.54, 1.807) is 0 Å². The van der Waals surface area contributed by atoms with E-state index < -0.39 is 28.2 Å². The van der Waals surface area contributed by atoms with Crippen molar-refractivity contribution in [2.45, 2.75) is 18.9 Å². The topological polar surface area (TPSA) is 112 Å². The second-order valence-corrected chi connectivity index (χ2v) is 3.85. The highest BCUT2D eigenvalue weighted by Crippen LogP contribution is 2.21. The Labute approximate surface area is 73.8 Å². The van der Waals surface area contributed by atoms with E-state index in [-0.39, 0.29) is 17.1 Å². The molecule has 7 nitrogen and oxygen atoms in total. The molecule has 0 radical (unpaired) electrons. The number of rotatable bonds is 2. The lowest BCUT2D eigenvalue weighted by Crippen LogP contribution is -2.42. The summed E-state index contributed by atoms with van der Waals surface area (Å²) in [5, 5.41) is 8.50. The molecule has 13 heavy (non-hydrogen) atoms. The molecule has 0 aromatic carbocycles.